The van der Waals surface area contributed by atoms with Crippen LogP contribution in [0.5, 0.6) is 0 Å². The normalized spacial score (nSPS) is 38.0. The van der Waals surface area contributed by atoms with Crippen LogP contribution in [0.1, 0.15) is 182 Å². The molecule has 534 valence electrons. The molecule has 15 nitrogen and oxygen atoms in total. The average molecular weight is 1360 g/mol. The molecule has 0 radical (unpaired) electrons. The number of piperidine rings is 2. The number of alkyl halides is 3. The zero-order valence-electron chi connectivity index (χ0n) is 59.3. The van der Waals surface area contributed by atoms with Crippen molar-refractivity contribution in [2.24, 2.45) is 70.0 Å². The summed E-state index contributed by atoms with van der Waals surface area (Å²) in [6.45, 7) is 20.8. The fraction of sp³-hybridized carbons (Fsp3) is 0.688. The van der Waals surface area contributed by atoms with Crippen LogP contribution in [0.15, 0.2) is 106 Å². The number of hydrogen-bond donors (Lipinski definition) is 5. The summed E-state index contributed by atoms with van der Waals surface area (Å²) in [5.74, 6) is 2.54. The molecule has 2 aromatic rings. The number of allylic oxidation sites excluding steroid dienone is 4. The third kappa shape index (κ3) is 13.6. The number of likely N-dealkylation sites (tertiary alicyclic amines) is 1. The van der Waals surface area contributed by atoms with E-state index in [2.05, 4.69) is 80.3 Å². The topological polar surface area (TPSA) is 186 Å². The third-order valence-electron chi connectivity index (χ3n) is 27.3. The van der Waals surface area contributed by atoms with E-state index < -0.39 is 35.9 Å². The van der Waals surface area contributed by atoms with Crippen molar-refractivity contribution in [2.45, 2.75) is 238 Å². The van der Waals surface area contributed by atoms with Crippen LogP contribution in [-0.4, -0.2) is 128 Å². The molecule has 0 aromatic heterocycles. The van der Waals surface area contributed by atoms with Crippen molar-refractivity contribution in [1.82, 2.24) is 31.5 Å². The number of carbonyl (C=O) groups excluding carboxylic acids is 5. The van der Waals surface area contributed by atoms with E-state index in [9.17, 15) is 37.1 Å². The SMILES string of the molecule is CC1=C2C[C@H]3[C@@H](CC=C4C[C@@H](OC(=O)NCCNC(=O)CCc5ccccc5)CC[C@@]43C)[C@@H]2CC[C@]12O[C@@H]1C[C@H](C)CN(C(=O)C(F)(F)F)[C@H]1[C@H]2C.CC1=C2C[C@H]3[C@@H](CC=C4C[C@@H](OC(=O)NCCNC(=O)CCc5ccccc5)CC[C@@]43C)[C@@H]2CC[C@]12O[C@@H]1C[C@H](C)CN[C@H]1[C@H]2C. The van der Waals surface area contributed by atoms with Gasteiger partial charge in [0.1, 0.15) is 12.2 Å². The largest absolute Gasteiger partial charge is 0.471 e. The number of ether oxygens (including phenoxy) is 4. The van der Waals surface area contributed by atoms with Gasteiger partial charge in [-0.2, -0.15) is 13.2 Å². The maximum Gasteiger partial charge on any atom is 0.471 e. The fourth-order valence-electron chi connectivity index (χ4n) is 22.1. The van der Waals surface area contributed by atoms with Crippen LogP contribution in [0, 0.1) is 70.0 Å². The van der Waals surface area contributed by atoms with Crippen molar-refractivity contribution in [3.8, 4) is 0 Å². The van der Waals surface area contributed by atoms with Gasteiger partial charge in [0.15, 0.2) is 0 Å². The predicted octanol–water partition coefficient (Wildman–Crippen LogP) is 13.8. The number of nitrogens with zero attached hydrogens (tertiary/aromatic N) is 1. The molecular formula is C80H109F3N6O9. The summed E-state index contributed by atoms with van der Waals surface area (Å²) in [6.07, 6.45) is 16.5. The lowest BCUT2D eigenvalue weighted by atomic mass is 9.56. The van der Waals surface area contributed by atoms with Gasteiger partial charge in [0, 0.05) is 76.3 Å². The number of benzene rings is 2. The molecule has 5 N–H and O–H groups in total. The molecule has 0 bridgehead atoms. The second-order valence-corrected chi connectivity index (χ2v) is 32.6. The number of fused-ring (bicyclic) bond motifs is 12. The lowest BCUT2D eigenvalue weighted by Gasteiger charge is -2.49. The maximum atomic E-state index is 13.7. The van der Waals surface area contributed by atoms with Gasteiger partial charge in [-0.3, -0.25) is 14.4 Å². The summed E-state index contributed by atoms with van der Waals surface area (Å²) in [7, 11) is 0. The van der Waals surface area contributed by atoms with Crippen LogP contribution in [0.4, 0.5) is 22.8 Å². The Morgan fingerprint density at radius 2 is 1.05 bits per heavy atom. The Morgan fingerprint density at radius 3 is 1.54 bits per heavy atom. The highest BCUT2D eigenvalue weighted by atomic mass is 19.4. The molecule has 20 atom stereocenters. The van der Waals surface area contributed by atoms with Crippen molar-refractivity contribution in [3.05, 3.63) is 117 Å². The number of amides is 5. The van der Waals surface area contributed by atoms with E-state index >= 15 is 0 Å². The molecule has 4 heterocycles. The summed E-state index contributed by atoms with van der Waals surface area (Å²) in [5.41, 5.74) is 10.5. The molecule has 14 rings (SSSR count). The molecular weight excluding hydrogens is 1250 g/mol. The minimum absolute atomic E-state index is 0.00376. The summed E-state index contributed by atoms with van der Waals surface area (Å²) in [4.78, 5) is 63.5. The maximum absolute atomic E-state index is 13.7. The van der Waals surface area contributed by atoms with Gasteiger partial charge in [0.25, 0.3) is 0 Å². The number of aryl methyl sites for hydroxylation is 2. The molecule has 2 spiro atoms. The molecule has 2 aromatic carbocycles. The van der Waals surface area contributed by atoms with Gasteiger partial charge in [0.2, 0.25) is 11.8 Å². The molecule has 5 amide bonds. The Morgan fingerprint density at radius 1 is 0.592 bits per heavy atom. The number of alkyl carbamates (subject to hydrolysis) is 2. The molecule has 12 aliphatic rings. The molecule has 8 aliphatic carbocycles. The first-order valence-electron chi connectivity index (χ1n) is 37.6. The molecule has 0 unspecified atom stereocenters. The molecule has 98 heavy (non-hydrogen) atoms. The van der Waals surface area contributed by atoms with Crippen LogP contribution in [0.25, 0.3) is 0 Å². The van der Waals surface area contributed by atoms with Crippen molar-refractivity contribution < 1.29 is 56.1 Å². The van der Waals surface area contributed by atoms with Gasteiger partial charge in [-0.1, -0.05) is 137 Å². The summed E-state index contributed by atoms with van der Waals surface area (Å²) < 4.78 is 66.9. The second kappa shape index (κ2) is 28.4. The number of halogens is 3. The van der Waals surface area contributed by atoms with Gasteiger partial charge in [-0.25, -0.2) is 9.59 Å². The van der Waals surface area contributed by atoms with Gasteiger partial charge in [-0.15, -0.1) is 0 Å². The van der Waals surface area contributed by atoms with Crippen LogP contribution in [0.2, 0.25) is 0 Å². The van der Waals surface area contributed by atoms with Crippen molar-refractivity contribution in [2.75, 3.05) is 39.3 Å². The van der Waals surface area contributed by atoms with Gasteiger partial charge in [0.05, 0.1) is 29.5 Å². The standard InChI is InChI=1S/C41H54F3N3O5.C39H55N3O4/c1-24-20-34-36(47(23-24)37(49)41(42,43)44)26(3)40(52-34)17-15-30-31-12-11-28-21-29(14-16-39(28,4)33(31)22-32(30)25(40)2)51-38(50)46-19-18-45-35(48)13-10-27-8-6-5-7-9-27;1-24-20-34-36(42-23-24)26(3)39(46-34)17-15-30-31-12-11-28-21-29(14-16-38(28,4)33(31)22-32(30)25(39)2)45-37(44)41-19-18-40-35(43)13-10-27-8-6-5-7-9-27/h5-9,11,24,26,29-31,33-34,36H,10,12-23H2,1-4H3,(H,45,48)(H,46,50);5-9,11,24,26,29-31,33-34,36,42H,10,12-23H2,1-4H3,(H,40,43)(H,41,44)/t24-,26+,29-,30-,31-,33-,34+,36-,39-,40-;24-,26+,29-,30-,31-,33-,34+,36-,38-,39-/m00/s1. The van der Waals surface area contributed by atoms with Crippen LogP contribution >= 0.6 is 0 Å². The third-order valence-corrected chi connectivity index (χ3v) is 27.3. The second-order valence-electron chi connectivity index (χ2n) is 32.6. The van der Waals surface area contributed by atoms with Crippen LogP contribution in [-0.2, 0) is 46.2 Å². The minimum atomic E-state index is -4.90. The van der Waals surface area contributed by atoms with Crippen LogP contribution < -0.4 is 26.6 Å². The first-order valence-corrected chi connectivity index (χ1v) is 37.6. The quantitative estimate of drug-likeness (QED) is 0.0900. The van der Waals surface area contributed by atoms with E-state index in [-0.39, 0.29) is 64.9 Å². The van der Waals surface area contributed by atoms with Crippen molar-refractivity contribution >= 4 is 29.9 Å². The lowest BCUT2D eigenvalue weighted by molar-refractivity contribution is -0.192. The lowest BCUT2D eigenvalue weighted by Crippen LogP contribution is -2.57. The fourth-order valence-corrected chi connectivity index (χ4v) is 22.1. The highest BCUT2D eigenvalue weighted by Crippen LogP contribution is 2.68. The Hall–Kier alpha value is -5.98. The van der Waals surface area contributed by atoms with E-state index in [1.54, 1.807) is 11.1 Å². The average Bonchev–Trinajstić information content (AvgIpc) is 1.55. The number of nitrogens with one attached hydrogen (secondary N) is 5. The monoisotopic (exact) mass is 1350 g/mol. The summed E-state index contributed by atoms with van der Waals surface area (Å²) >= 11 is 0. The van der Waals surface area contributed by atoms with Gasteiger partial charge >= 0.3 is 24.3 Å². The zero-order valence-corrected chi connectivity index (χ0v) is 59.3. The van der Waals surface area contributed by atoms with Gasteiger partial charge < -0.3 is 50.4 Å². The van der Waals surface area contributed by atoms with E-state index in [0.29, 0.717) is 118 Å². The number of rotatable bonds is 14. The molecule has 18 heteroatoms. The highest BCUT2D eigenvalue weighted by Gasteiger charge is 2.65. The Kier molecular flexibility index (Phi) is 20.5. The Labute approximate surface area is 579 Å². The highest BCUT2D eigenvalue weighted by molar-refractivity contribution is 5.82. The molecule has 8 fully saturated rings. The Balaban J connectivity index is 0.000000178. The molecule has 4 saturated heterocycles. The zero-order chi connectivity index (χ0) is 69.1. The van der Waals surface area contributed by atoms with E-state index in [0.717, 1.165) is 99.1 Å². The summed E-state index contributed by atoms with van der Waals surface area (Å²) in [6, 6.07) is 19.8. The van der Waals surface area contributed by atoms with E-state index in [4.69, 9.17) is 18.9 Å². The van der Waals surface area contributed by atoms with Crippen LogP contribution in [0.3, 0.4) is 0 Å². The first-order chi connectivity index (χ1) is 46.9. The smallest absolute Gasteiger partial charge is 0.446 e. The molecule has 4 saturated carbocycles. The first kappa shape index (κ1) is 70.5. The van der Waals surface area contributed by atoms with Gasteiger partial charge in [-0.05, 0) is 204 Å². The van der Waals surface area contributed by atoms with Crippen molar-refractivity contribution in [3.63, 3.8) is 0 Å². The van der Waals surface area contributed by atoms with E-state index in [1.807, 2.05) is 74.5 Å². The summed E-state index contributed by atoms with van der Waals surface area (Å²) in [5, 5.41) is 15.3. The minimum Gasteiger partial charge on any atom is -0.446 e. The number of carbonyl (C=O) groups is 5. The molecule has 4 aliphatic heterocycles. The Bertz CT molecular complexity index is 3430. The van der Waals surface area contributed by atoms with E-state index in [1.165, 1.54) is 41.6 Å². The predicted molar refractivity (Wildman–Crippen MR) is 370 cm³/mol. The van der Waals surface area contributed by atoms with Crippen molar-refractivity contribution in [1.29, 1.82) is 0 Å². The number of hydrogen-bond acceptors (Lipinski definition) is 10.